The van der Waals surface area contributed by atoms with Crippen molar-refractivity contribution in [2.24, 2.45) is 0 Å². The number of amides is 1. The number of aromatic nitrogens is 2. The molecule has 1 aromatic heterocycles. The van der Waals surface area contributed by atoms with Crippen molar-refractivity contribution in [3.05, 3.63) is 71.9 Å². The normalized spacial score (nSPS) is 10.6. The first-order chi connectivity index (χ1) is 12.5. The van der Waals surface area contributed by atoms with Crippen LogP contribution in [0.2, 0.25) is 0 Å². The fraction of sp³-hybridized carbons (Fsp3) is 0.190. The lowest BCUT2D eigenvalue weighted by Crippen LogP contribution is -2.17. The Morgan fingerprint density at radius 1 is 0.962 bits per heavy atom. The van der Waals surface area contributed by atoms with Gasteiger partial charge in [0.1, 0.15) is 11.5 Å². The number of hydrogen-bond donors (Lipinski definition) is 2. The van der Waals surface area contributed by atoms with Crippen molar-refractivity contribution >= 4 is 17.4 Å². The number of aryl methyl sites for hydroxylation is 1. The van der Waals surface area contributed by atoms with Gasteiger partial charge in [-0.3, -0.25) is 4.79 Å². The summed E-state index contributed by atoms with van der Waals surface area (Å²) in [6, 6.07) is 19.2. The van der Waals surface area contributed by atoms with Crippen molar-refractivity contribution in [3.8, 4) is 11.4 Å². The van der Waals surface area contributed by atoms with Gasteiger partial charge in [-0.1, -0.05) is 48.0 Å². The first-order valence-corrected chi connectivity index (χ1v) is 8.60. The van der Waals surface area contributed by atoms with Gasteiger partial charge in [0.25, 0.3) is 5.91 Å². The lowest BCUT2D eigenvalue weighted by Gasteiger charge is -2.12. The molecule has 0 saturated carbocycles. The maximum absolute atomic E-state index is 12.7. The van der Waals surface area contributed by atoms with E-state index in [0.29, 0.717) is 17.3 Å². The number of hydrogen-bond acceptors (Lipinski definition) is 4. The number of carbonyl (C=O) groups excluding carboxylic acids is 1. The summed E-state index contributed by atoms with van der Waals surface area (Å²) in [5.41, 5.74) is 3.06. The zero-order valence-corrected chi connectivity index (χ0v) is 15.2. The highest BCUT2D eigenvalue weighted by Crippen LogP contribution is 2.19. The molecule has 0 saturated heterocycles. The smallest absolute Gasteiger partial charge is 0.274 e. The molecule has 1 amide bonds. The Morgan fingerprint density at radius 2 is 1.65 bits per heavy atom. The molecule has 0 aliphatic rings. The molecule has 0 spiro atoms. The van der Waals surface area contributed by atoms with E-state index in [1.165, 1.54) is 0 Å². The maximum Gasteiger partial charge on any atom is 0.274 e. The summed E-state index contributed by atoms with van der Waals surface area (Å²) < 4.78 is 0. The molecule has 0 fully saturated rings. The lowest BCUT2D eigenvalue weighted by molar-refractivity contribution is 0.102. The minimum Gasteiger partial charge on any atom is -0.368 e. The molecule has 0 radical (unpaired) electrons. The van der Waals surface area contributed by atoms with E-state index in [4.69, 9.17) is 0 Å². The first kappa shape index (κ1) is 17.6. The SMILES string of the molecule is Cc1ccc(NC(=O)c2cc(NC(C)C)nc(-c3ccccc3)n2)cc1. The summed E-state index contributed by atoms with van der Waals surface area (Å²) in [6.07, 6.45) is 0. The number of benzene rings is 2. The van der Waals surface area contributed by atoms with Crippen LogP contribution in [-0.4, -0.2) is 21.9 Å². The van der Waals surface area contributed by atoms with Gasteiger partial charge in [-0.25, -0.2) is 9.97 Å². The van der Waals surface area contributed by atoms with Gasteiger partial charge in [-0.2, -0.15) is 0 Å². The molecule has 3 aromatic rings. The molecule has 26 heavy (non-hydrogen) atoms. The van der Waals surface area contributed by atoms with Gasteiger partial charge in [0.2, 0.25) is 0 Å². The second kappa shape index (κ2) is 7.78. The van der Waals surface area contributed by atoms with E-state index < -0.39 is 0 Å². The van der Waals surface area contributed by atoms with E-state index >= 15 is 0 Å². The van der Waals surface area contributed by atoms with Crippen LogP contribution in [0.3, 0.4) is 0 Å². The van der Waals surface area contributed by atoms with Gasteiger partial charge < -0.3 is 10.6 Å². The van der Waals surface area contributed by atoms with Crippen LogP contribution in [0.4, 0.5) is 11.5 Å². The largest absolute Gasteiger partial charge is 0.368 e. The molecular formula is C21H22N4O. The van der Waals surface area contributed by atoms with Crippen molar-refractivity contribution in [1.82, 2.24) is 9.97 Å². The number of nitrogens with zero attached hydrogens (tertiary/aromatic N) is 2. The van der Waals surface area contributed by atoms with E-state index in [0.717, 1.165) is 16.8 Å². The second-order valence-electron chi connectivity index (χ2n) is 6.45. The van der Waals surface area contributed by atoms with Crippen molar-refractivity contribution in [2.45, 2.75) is 26.8 Å². The molecule has 0 unspecified atom stereocenters. The lowest BCUT2D eigenvalue weighted by atomic mass is 10.2. The molecule has 5 nitrogen and oxygen atoms in total. The molecule has 1 heterocycles. The Morgan fingerprint density at radius 3 is 2.31 bits per heavy atom. The predicted octanol–water partition coefficient (Wildman–Crippen LogP) is 4.52. The Kier molecular flexibility index (Phi) is 5.27. The summed E-state index contributed by atoms with van der Waals surface area (Å²) in [5, 5.41) is 6.14. The molecular weight excluding hydrogens is 324 g/mol. The molecule has 0 aliphatic heterocycles. The molecule has 0 atom stereocenters. The van der Waals surface area contributed by atoms with E-state index in [-0.39, 0.29) is 11.9 Å². The average Bonchev–Trinajstić information content (AvgIpc) is 2.63. The van der Waals surface area contributed by atoms with Crippen LogP contribution in [0.5, 0.6) is 0 Å². The van der Waals surface area contributed by atoms with Crippen LogP contribution in [0.1, 0.15) is 29.9 Å². The number of anilines is 2. The van der Waals surface area contributed by atoms with Gasteiger partial charge in [-0.05, 0) is 32.9 Å². The van der Waals surface area contributed by atoms with Crippen molar-refractivity contribution in [3.63, 3.8) is 0 Å². The van der Waals surface area contributed by atoms with E-state index in [1.54, 1.807) is 6.07 Å². The Bertz CT molecular complexity index is 890. The average molecular weight is 346 g/mol. The summed E-state index contributed by atoms with van der Waals surface area (Å²) >= 11 is 0. The van der Waals surface area contributed by atoms with Crippen LogP contribution in [0.25, 0.3) is 11.4 Å². The fourth-order valence-electron chi connectivity index (χ4n) is 2.48. The minimum atomic E-state index is -0.264. The molecule has 132 valence electrons. The van der Waals surface area contributed by atoms with Gasteiger partial charge in [0, 0.05) is 23.4 Å². The van der Waals surface area contributed by atoms with Crippen LogP contribution in [-0.2, 0) is 0 Å². The van der Waals surface area contributed by atoms with Gasteiger partial charge in [0.05, 0.1) is 0 Å². The fourth-order valence-corrected chi connectivity index (χ4v) is 2.48. The zero-order chi connectivity index (χ0) is 18.5. The maximum atomic E-state index is 12.7. The number of nitrogens with one attached hydrogen (secondary N) is 2. The molecule has 2 N–H and O–H groups in total. The van der Waals surface area contributed by atoms with E-state index in [9.17, 15) is 4.79 Å². The van der Waals surface area contributed by atoms with E-state index in [1.807, 2.05) is 75.4 Å². The summed E-state index contributed by atoms with van der Waals surface area (Å²) in [4.78, 5) is 21.7. The van der Waals surface area contributed by atoms with Gasteiger partial charge >= 0.3 is 0 Å². The zero-order valence-electron chi connectivity index (χ0n) is 15.2. The third-order valence-corrected chi connectivity index (χ3v) is 3.74. The summed E-state index contributed by atoms with van der Waals surface area (Å²) in [5.74, 6) is 0.883. The Balaban J connectivity index is 1.94. The number of rotatable bonds is 5. The Labute approximate surface area is 153 Å². The van der Waals surface area contributed by atoms with Crippen LogP contribution in [0.15, 0.2) is 60.7 Å². The monoisotopic (exact) mass is 346 g/mol. The molecule has 3 rings (SSSR count). The van der Waals surface area contributed by atoms with Gasteiger partial charge in [-0.15, -0.1) is 0 Å². The second-order valence-corrected chi connectivity index (χ2v) is 6.45. The van der Waals surface area contributed by atoms with Crippen LogP contribution < -0.4 is 10.6 Å². The molecule has 2 aromatic carbocycles. The highest BCUT2D eigenvalue weighted by molar-refractivity contribution is 6.03. The molecule has 0 bridgehead atoms. The first-order valence-electron chi connectivity index (χ1n) is 8.60. The Hall–Kier alpha value is -3.21. The third kappa shape index (κ3) is 4.45. The summed E-state index contributed by atoms with van der Waals surface area (Å²) in [6.45, 7) is 6.05. The standard InChI is InChI=1S/C21H22N4O/c1-14(2)22-19-13-18(21(26)23-17-11-9-15(3)10-12-17)24-20(25-19)16-7-5-4-6-8-16/h4-14H,1-3H3,(H,23,26)(H,22,24,25). The quantitative estimate of drug-likeness (QED) is 0.712. The predicted molar refractivity (Wildman–Crippen MR) is 105 cm³/mol. The third-order valence-electron chi connectivity index (χ3n) is 3.74. The van der Waals surface area contributed by atoms with Crippen molar-refractivity contribution in [1.29, 1.82) is 0 Å². The van der Waals surface area contributed by atoms with Crippen LogP contribution >= 0.6 is 0 Å². The molecule has 5 heteroatoms. The van der Waals surface area contributed by atoms with E-state index in [2.05, 4.69) is 20.6 Å². The van der Waals surface area contributed by atoms with Crippen molar-refractivity contribution in [2.75, 3.05) is 10.6 Å². The van der Waals surface area contributed by atoms with Crippen LogP contribution in [0, 0.1) is 6.92 Å². The summed E-state index contributed by atoms with van der Waals surface area (Å²) in [7, 11) is 0. The topological polar surface area (TPSA) is 66.9 Å². The van der Waals surface area contributed by atoms with Crippen molar-refractivity contribution < 1.29 is 4.79 Å². The number of carbonyl (C=O) groups is 1. The highest BCUT2D eigenvalue weighted by Gasteiger charge is 2.14. The highest BCUT2D eigenvalue weighted by atomic mass is 16.1. The molecule has 0 aliphatic carbocycles. The minimum absolute atomic E-state index is 0.196. The van der Waals surface area contributed by atoms with Gasteiger partial charge in [0.15, 0.2) is 5.82 Å².